The minimum absolute atomic E-state index is 0.848. The lowest BCUT2D eigenvalue weighted by Gasteiger charge is -2.11. The van der Waals surface area contributed by atoms with Gasteiger partial charge in [0.25, 0.3) is 0 Å². The number of rotatable bonds is 3. The monoisotopic (exact) mass is 253 g/mol. The van der Waals surface area contributed by atoms with Gasteiger partial charge < -0.3 is 5.32 Å². The Balaban J connectivity index is 2.10. The van der Waals surface area contributed by atoms with Crippen LogP contribution in [-0.2, 0) is 12.8 Å². The van der Waals surface area contributed by atoms with Crippen molar-refractivity contribution < 1.29 is 0 Å². The largest absolute Gasteiger partial charge is 0.370 e. The summed E-state index contributed by atoms with van der Waals surface area (Å²) in [4.78, 5) is 9.48. The smallest absolute Gasteiger partial charge is 0.161 e. The third-order valence-electron chi connectivity index (χ3n) is 3.55. The molecule has 2 aromatic rings. The SMILES string of the molecule is CCNc1nc(-c2cccc(C)c2)nc2c1CCC2. The summed E-state index contributed by atoms with van der Waals surface area (Å²) in [5.41, 5.74) is 4.89. The van der Waals surface area contributed by atoms with Gasteiger partial charge in [-0.15, -0.1) is 0 Å². The number of fused-ring (bicyclic) bond motifs is 1. The highest BCUT2D eigenvalue weighted by molar-refractivity contribution is 5.61. The number of aryl methyl sites for hydroxylation is 2. The molecule has 0 fully saturated rings. The second-order valence-corrected chi connectivity index (χ2v) is 5.07. The summed E-state index contributed by atoms with van der Waals surface area (Å²) in [6.45, 7) is 5.11. The van der Waals surface area contributed by atoms with E-state index in [9.17, 15) is 0 Å². The van der Waals surface area contributed by atoms with Crippen LogP contribution in [0.15, 0.2) is 24.3 Å². The second-order valence-electron chi connectivity index (χ2n) is 5.07. The quantitative estimate of drug-likeness (QED) is 0.911. The minimum atomic E-state index is 0.848. The van der Waals surface area contributed by atoms with Crippen molar-refractivity contribution >= 4 is 5.82 Å². The molecule has 0 bridgehead atoms. The van der Waals surface area contributed by atoms with Gasteiger partial charge in [-0.05, 0) is 39.2 Å². The zero-order valence-corrected chi connectivity index (χ0v) is 11.5. The molecule has 0 spiro atoms. The van der Waals surface area contributed by atoms with E-state index >= 15 is 0 Å². The van der Waals surface area contributed by atoms with Gasteiger partial charge in [-0.1, -0.05) is 23.8 Å². The first-order valence-electron chi connectivity index (χ1n) is 6.98. The van der Waals surface area contributed by atoms with Crippen molar-refractivity contribution in [1.82, 2.24) is 9.97 Å². The van der Waals surface area contributed by atoms with Gasteiger partial charge in [0.1, 0.15) is 5.82 Å². The van der Waals surface area contributed by atoms with Crippen LogP contribution in [0.25, 0.3) is 11.4 Å². The maximum absolute atomic E-state index is 4.76. The fourth-order valence-electron chi connectivity index (χ4n) is 2.66. The third-order valence-corrected chi connectivity index (χ3v) is 3.55. The Labute approximate surface area is 114 Å². The first kappa shape index (κ1) is 12.2. The molecule has 3 rings (SSSR count). The van der Waals surface area contributed by atoms with Crippen LogP contribution in [0.4, 0.5) is 5.82 Å². The van der Waals surface area contributed by atoms with Crippen molar-refractivity contribution in [2.75, 3.05) is 11.9 Å². The van der Waals surface area contributed by atoms with Crippen LogP contribution < -0.4 is 5.32 Å². The summed E-state index contributed by atoms with van der Waals surface area (Å²) in [5, 5.41) is 3.38. The Hall–Kier alpha value is -1.90. The molecule has 1 aliphatic rings. The summed E-state index contributed by atoms with van der Waals surface area (Å²) in [6, 6.07) is 8.39. The van der Waals surface area contributed by atoms with E-state index in [1.54, 1.807) is 0 Å². The van der Waals surface area contributed by atoms with Gasteiger partial charge in [0.15, 0.2) is 5.82 Å². The van der Waals surface area contributed by atoms with Gasteiger partial charge in [0.2, 0.25) is 0 Å². The molecule has 0 radical (unpaired) electrons. The molecule has 0 saturated heterocycles. The molecule has 0 saturated carbocycles. The Bertz CT molecular complexity index is 605. The lowest BCUT2D eigenvalue weighted by Crippen LogP contribution is -2.06. The number of anilines is 1. The topological polar surface area (TPSA) is 37.8 Å². The Kier molecular flexibility index (Phi) is 3.20. The van der Waals surface area contributed by atoms with Crippen molar-refractivity contribution in [2.24, 2.45) is 0 Å². The maximum atomic E-state index is 4.76. The molecule has 3 heteroatoms. The lowest BCUT2D eigenvalue weighted by molar-refractivity contribution is 0.900. The van der Waals surface area contributed by atoms with E-state index in [1.165, 1.54) is 23.2 Å². The predicted molar refractivity (Wildman–Crippen MR) is 78.4 cm³/mol. The average Bonchev–Trinajstić information content (AvgIpc) is 2.87. The van der Waals surface area contributed by atoms with Crippen LogP contribution in [0.5, 0.6) is 0 Å². The molecule has 98 valence electrons. The van der Waals surface area contributed by atoms with Gasteiger partial charge >= 0.3 is 0 Å². The summed E-state index contributed by atoms with van der Waals surface area (Å²) >= 11 is 0. The van der Waals surface area contributed by atoms with Crippen LogP contribution in [0.2, 0.25) is 0 Å². The number of benzene rings is 1. The van der Waals surface area contributed by atoms with E-state index in [0.717, 1.165) is 36.6 Å². The summed E-state index contributed by atoms with van der Waals surface area (Å²) < 4.78 is 0. The third kappa shape index (κ3) is 2.33. The maximum Gasteiger partial charge on any atom is 0.161 e. The van der Waals surface area contributed by atoms with Crippen LogP contribution >= 0.6 is 0 Å². The van der Waals surface area contributed by atoms with E-state index in [1.807, 2.05) is 0 Å². The first-order chi connectivity index (χ1) is 9.28. The Morgan fingerprint density at radius 3 is 2.89 bits per heavy atom. The molecule has 1 aliphatic carbocycles. The highest BCUT2D eigenvalue weighted by Crippen LogP contribution is 2.29. The van der Waals surface area contributed by atoms with Crippen LogP contribution in [-0.4, -0.2) is 16.5 Å². The van der Waals surface area contributed by atoms with Gasteiger partial charge in [-0.3, -0.25) is 0 Å². The number of hydrogen-bond acceptors (Lipinski definition) is 3. The van der Waals surface area contributed by atoms with Gasteiger partial charge in [0, 0.05) is 23.4 Å². The van der Waals surface area contributed by atoms with Crippen molar-refractivity contribution in [3.63, 3.8) is 0 Å². The van der Waals surface area contributed by atoms with Crippen molar-refractivity contribution in [3.05, 3.63) is 41.1 Å². The van der Waals surface area contributed by atoms with Crippen LogP contribution in [0, 0.1) is 6.92 Å². The molecule has 1 N–H and O–H groups in total. The molecule has 0 amide bonds. The fraction of sp³-hybridized carbons (Fsp3) is 0.375. The number of nitrogens with one attached hydrogen (secondary N) is 1. The summed E-state index contributed by atoms with van der Waals surface area (Å²) in [6.07, 6.45) is 3.38. The van der Waals surface area contributed by atoms with Crippen molar-refractivity contribution in [3.8, 4) is 11.4 Å². The first-order valence-corrected chi connectivity index (χ1v) is 6.98. The molecular formula is C16H19N3. The van der Waals surface area contributed by atoms with E-state index in [2.05, 4.69) is 43.4 Å². The van der Waals surface area contributed by atoms with E-state index in [4.69, 9.17) is 9.97 Å². The standard InChI is InChI=1S/C16H19N3/c1-3-17-16-13-8-5-9-14(13)18-15(19-16)12-7-4-6-11(2)10-12/h4,6-7,10H,3,5,8-9H2,1-2H3,(H,17,18,19). The van der Waals surface area contributed by atoms with E-state index < -0.39 is 0 Å². The minimum Gasteiger partial charge on any atom is -0.370 e. The Morgan fingerprint density at radius 2 is 2.11 bits per heavy atom. The van der Waals surface area contributed by atoms with Gasteiger partial charge in [0.05, 0.1) is 0 Å². The molecular weight excluding hydrogens is 234 g/mol. The highest BCUT2D eigenvalue weighted by Gasteiger charge is 2.19. The zero-order chi connectivity index (χ0) is 13.2. The zero-order valence-electron chi connectivity index (χ0n) is 11.5. The van der Waals surface area contributed by atoms with E-state index in [-0.39, 0.29) is 0 Å². The number of nitrogens with zero attached hydrogens (tertiary/aromatic N) is 2. The summed E-state index contributed by atoms with van der Waals surface area (Å²) in [7, 11) is 0. The van der Waals surface area contributed by atoms with E-state index in [0.29, 0.717) is 0 Å². The van der Waals surface area contributed by atoms with Gasteiger partial charge in [-0.25, -0.2) is 9.97 Å². The number of hydrogen-bond donors (Lipinski definition) is 1. The Morgan fingerprint density at radius 1 is 1.21 bits per heavy atom. The van der Waals surface area contributed by atoms with Crippen molar-refractivity contribution in [2.45, 2.75) is 33.1 Å². The molecule has 1 heterocycles. The molecule has 0 aliphatic heterocycles. The van der Waals surface area contributed by atoms with Crippen LogP contribution in [0.3, 0.4) is 0 Å². The normalized spacial score (nSPS) is 13.4. The van der Waals surface area contributed by atoms with Gasteiger partial charge in [-0.2, -0.15) is 0 Å². The fourth-order valence-corrected chi connectivity index (χ4v) is 2.66. The molecule has 0 atom stereocenters. The molecule has 1 aromatic heterocycles. The number of aromatic nitrogens is 2. The second kappa shape index (κ2) is 5.00. The summed E-state index contributed by atoms with van der Waals surface area (Å²) in [5.74, 6) is 1.88. The molecule has 0 unspecified atom stereocenters. The van der Waals surface area contributed by atoms with Crippen molar-refractivity contribution in [1.29, 1.82) is 0 Å². The average molecular weight is 253 g/mol. The molecule has 1 aromatic carbocycles. The molecule has 3 nitrogen and oxygen atoms in total. The highest BCUT2D eigenvalue weighted by atomic mass is 15.0. The molecule has 19 heavy (non-hydrogen) atoms. The predicted octanol–water partition coefficient (Wildman–Crippen LogP) is 3.37. The lowest BCUT2D eigenvalue weighted by atomic mass is 10.1. The van der Waals surface area contributed by atoms with Crippen LogP contribution in [0.1, 0.15) is 30.2 Å².